The largest absolute Gasteiger partial charge is 0.377 e. The van der Waals surface area contributed by atoms with Crippen LogP contribution in [-0.4, -0.2) is 51.6 Å². The van der Waals surface area contributed by atoms with Gasteiger partial charge in [0.15, 0.2) is 0 Å². The Balaban J connectivity index is 1.70. The topological polar surface area (TPSA) is 68.2 Å². The fourth-order valence-electron chi connectivity index (χ4n) is 2.91. The fraction of sp³-hybridized carbons (Fsp3) is 0.444. The van der Waals surface area contributed by atoms with Gasteiger partial charge in [0.2, 0.25) is 0 Å². The van der Waals surface area contributed by atoms with Gasteiger partial charge in [-0.15, -0.1) is 0 Å². The Morgan fingerprint density at radius 2 is 2.08 bits per heavy atom. The summed E-state index contributed by atoms with van der Waals surface area (Å²) in [7, 11) is 0. The summed E-state index contributed by atoms with van der Waals surface area (Å²) in [5.74, 6) is 0.0201. The SMILES string of the molecule is Cc1ccc(C(=O)N2CCOCC2CCc2nccnc2C)cn1. The van der Waals surface area contributed by atoms with E-state index in [1.807, 2.05) is 30.9 Å². The molecule has 6 nitrogen and oxygen atoms in total. The minimum absolute atomic E-state index is 0.0201. The molecule has 1 aliphatic rings. The summed E-state index contributed by atoms with van der Waals surface area (Å²) < 4.78 is 5.59. The van der Waals surface area contributed by atoms with Gasteiger partial charge in [0.25, 0.3) is 5.91 Å². The van der Waals surface area contributed by atoms with Crippen LogP contribution >= 0.6 is 0 Å². The number of pyridine rings is 1. The number of carbonyl (C=O) groups is 1. The third-order valence-electron chi connectivity index (χ3n) is 4.34. The van der Waals surface area contributed by atoms with Gasteiger partial charge >= 0.3 is 0 Å². The highest BCUT2D eigenvalue weighted by molar-refractivity contribution is 5.94. The van der Waals surface area contributed by atoms with Gasteiger partial charge < -0.3 is 9.64 Å². The van der Waals surface area contributed by atoms with E-state index in [0.717, 1.165) is 29.9 Å². The molecule has 1 aliphatic heterocycles. The summed E-state index contributed by atoms with van der Waals surface area (Å²) in [6.45, 7) is 5.61. The minimum atomic E-state index is 0.0201. The van der Waals surface area contributed by atoms with E-state index in [1.54, 1.807) is 18.6 Å². The first-order valence-electron chi connectivity index (χ1n) is 8.23. The lowest BCUT2D eigenvalue weighted by Crippen LogP contribution is -2.49. The maximum Gasteiger partial charge on any atom is 0.255 e. The summed E-state index contributed by atoms with van der Waals surface area (Å²) in [6.07, 6.45) is 6.65. The first-order valence-corrected chi connectivity index (χ1v) is 8.23. The van der Waals surface area contributed by atoms with Gasteiger partial charge in [0, 0.05) is 30.8 Å². The zero-order valence-electron chi connectivity index (χ0n) is 14.1. The number of amides is 1. The third-order valence-corrected chi connectivity index (χ3v) is 4.34. The van der Waals surface area contributed by atoms with E-state index in [1.165, 1.54) is 0 Å². The number of morpholine rings is 1. The molecule has 0 aliphatic carbocycles. The van der Waals surface area contributed by atoms with Gasteiger partial charge in [0.1, 0.15) is 0 Å². The van der Waals surface area contributed by atoms with E-state index < -0.39 is 0 Å². The number of aromatic nitrogens is 3. The van der Waals surface area contributed by atoms with Gasteiger partial charge in [-0.1, -0.05) is 0 Å². The van der Waals surface area contributed by atoms with Crippen molar-refractivity contribution >= 4 is 5.91 Å². The van der Waals surface area contributed by atoms with Crippen molar-refractivity contribution in [3.05, 3.63) is 53.4 Å². The molecular weight excluding hydrogens is 304 g/mol. The monoisotopic (exact) mass is 326 g/mol. The Hall–Kier alpha value is -2.34. The molecule has 1 unspecified atom stereocenters. The lowest BCUT2D eigenvalue weighted by atomic mass is 10.0. The molecule has 1 saturated heterocycles. The van der Waals surface area contributed by atoms with Crippen LogP contribution in [0.25, 0.3) is 0 Å². The molecule has 3 heterocycles. The van der Waals surface area contributed by atoms with Crippen LogP contribution in [0.15, 0.2) is 30.7 Å². The highest BCUT2D eigenvalue weighted by Crippen LogP contribution is 2.17. The van der Waals surface area contributed by atoms with Crippen LogP contribution in [0.2, 0.25) is 0 Å². The number of aryl methyl sites for hydroxylation is 3. The Bertz CT molecular complexity index is 702. The van der Waals surface area contributed by atoms with Crippen LogP contribution in [0.3, 0.4) is 0 Å². The second-order valence-corrected chi connectivity index (χ2v) is 6.04. The van der Waals surface area contributed by atoms with Crippen molar-refractivity contribution in [1.29, 1.82) is 0 Å². The van der Waals surface area contributed by atoms with Crippen LogP contribution in [0.5, 0.6) is 0 Å². The van der Waals surface area contributed by atoms with Crippen molar-refractivity contribution in [2.24, 2.45) is 0 Å². The van der Waals surface area contributed by atoms with Crippen molar-refractivity contribution in [1.82, 2.24) is 19.9 Å². The van der Waals surface area contributed by atoms with E-state index in [2.05, 4.69) is 15.0 Å². The van der Waals surface area contributed by atoms with Gasteiger partial charge in [0.05, 0.1) is 36.2 Å². The average Bonchev–Trinajstić information content (AvgIpc) is 2.61. The zero-order chi connectivity index (χ0) is 16.9. The molecule has 0 spiro atoms. The van der Waals surface area contributed by atoms with Crippen molar-refractivity contribution in [3.8, 4) is 0 Å². The van der Waals surface area contributed by atoms with Crippen molar-refractivity contribution in [2.75, 3.05) is 19.8 Å². The molecule has 1 amide bonds. The molecule has 24 heavy (non-hydrogen) atoms. The van der Waals surface area contributed by atoms with Gasteiger partial charge in [-0.05, 0) is 38.8 Å². The molecule has 0 bridgehead atoms. The Morgan fingerprint density at radius 3 is 2.83 bits per heavy atom. The van der Waals surface area contributed by atoms with Crippen LogP contribution < -0.4 is 0 Å². The maximum atomic E-state index is 12.8. The molecule has 1 atom stereocenters. The molecule has 0 aromatic carbocycles. The van der Waals surface area contributed by atoms with Gasteiger partial charge in [-0.25, -0.2) is 0 Å². The van der Waals surface area contributed by atoms with E-state index in [0.29, 0.717) is 25.3 Å². The van der Waals surface area contributed by atoms with Gasteiger partial charge in [-0.2, -0.15) is 0 Å². The Kier molecular flexibility index (Phi) is 5.15. The number of hydrogen-bond acceptors (Lipinski definition) is 5. The lowest BCUT2D eigenvalue weighted by Gasteiger charge is -2.35. The molecule has 3 rings (SSSR count). The Labute approximate surface area is 141 Å². The number of hydrogen-bond donors (Lipinski definition) is 0. The normalized spacial score (nSPS) is 17.8. The van der Waals surface area contributed by atoms with Crippen LogP contribution in [0, 0.1) is 13.8 Å². The summed E-state index contributed by atoms with van der Waals surface area (Å²) in [5, 5.41) is 0. The quantitative estimate of drug-likeness (QED) is 0.859. The third kappa shape index (κ3) is 3.76. The van der Waals surface area contributed by atoms with Crippen molar-refractivity contribution in [2.45, 2.75) is 32.7 Å². The van der Waals surface area contributed by atoms with E-state index in [-0.39, 0.29) is 11.9 Å². The minimum Gasteiger partial charge on any atom is -0.377 e. The molecule has 0 N–H and O–H groups in total. The van der Waals surface area contributed by atoms with Crippen LogP contribution in [0.4, 0.5) is 0 Å². The number of nitrogens with zero attached hydrogens (tertiary/aromatic N) is 4. The second kappa shape index (κ2) is 7.49. The van der Waals surface area contributed by atoms with E-state index in [4.69, 9.17) is 4.74 Å². The van der Waals surface area contributed by atoms with Gasteiger partial charge in [-0.3, -0.25) is 19.7 Å². The van der Waals surface area contributed by atoms with Crippen molar-refractivity contribution < 1.29 is 9.53 Å². The number of rotatable bonds is 4. The predicted octanol–water partition coefficient (Wildman–Crippen LogP) is 1.96. The molecule has 0 radical (unpaired) electrons. The number of carbonyl (C=O) groups excluding carboxylic acids is 1. The summed E-state index contributed by atoms with van der Waals surface area (Å²) >= 11 is 0. The lowest BCUT2D eigenvalue weighted by molar-refractivity contribution is -0.00416. The summed E-state index contributed by atoms with van der Waals surface area (Å²) in [4.78, 5) is 27.6. The summed E-state index contributed by atoms with van der Waals surface area (Å²) in [5.41, 5.74) is 3.45. The van der Waals surface area contributed by atoms with E-state index in [9.17, 15) is 4.79 Å². The predicted molar refractivity (Wildman–Crippen MR) is 89.7 cm³/mol. The molecule has 1 fully saturated rings. The zero-order valence-corrected chi connectivity index (χ0v) is 14.1. The molecule has 126 valence electrons. The smallest absolute Gasteiger partial charge is 0.255 e. The second-order valence-electron chi connectivity index (χ2n) is 6.04. The van der Waals surface area contributed by atoms with Crippen LogP contribution in [0.1, 0.15) is 33.9 Å². The molecule has 6 heteroatoms. The highest BCUT2D eigenvalue weighted by atomic mass is 16.5. The average molecular weight is 326 g/mol. The standard InChI is InChI=1S/C18H22N4O2/c1-13-3-4-15(11-21-13)18(23)22-9-10-24-12-16(22)5-6-17-14(2)19-7-8-20-17/h3-4,7-8,11,16H,5-6,9-10,12H2,1-2H3. The Morgan fingerprint density at radius 1 is 1.25 bits per heavy atom. The highest BCUT2D eigenvalue weighted by Gasteiger charge is 2.28. The molecule has 0 saturated carbocycles. The number of ether oxygens (including phenoxy) is 1. The van der Waals surface area contributed by atoms with E-state index >= 15 is 0 Å². The molecule has 2 aromatic rings. The first-order chi connectivity index (χ1) is 11.6. The molecular formula is C18H22N4O2. The van der Waals surface area contributed by atoms with Crippen molar-refractivity contribution in [3.63, 3.8) is 0 Å². The van der Waals surface area contributed by atoms with Crippen LogP contribution in [-0.2, 0) is 11.2 Å². The maximum absolute atomic E-state index is 12.8. The molecule has 2 aromatic heterocycles. The fourth-order valence-corrected chi connectivity index (χ4v) is 2.91. The summed E-state index contributed by atoms with van der Waals surface area (Å²) in [6, 6.07) is 3.75. The first kappa shape index (κ1) is 16.5.